The van der Waals surface area contributed by atoms with Gasteiger partial charge in [0.1, 0.15) is 29.9 Å². The standard InChI is InChI=1S/C18H26N2O6.C12H24N2O4/c1-18(2,3)26-17(24)20-14(15(21)22)10-7-11-19-16(23)25-12-13-8-5-4-6-9-13;1-12(2,3)18-11(17)13-9(10(15)16)7-6-8-14(4)5/h4-6,8-9,14H,7,10-12H2,1-3H3,(H,19,23)(H,20,24)(H,21,22);9H,6-8H2,1-5H3,(H,13,17)(H,15,16)/t14-;9-/m00/s1. The Kier molecular flexibility index (Phi) is 18.1. The number of rotatable bonds is 14. The summed E-state index contributed by atoms with van der Waals surface area (Å²) in [7, 11) is 3.83. The zero-order valence-corrected chi connectivity index (χ0v) is 27.1. The van der Waals surface area contributed by atoms with Crippen molar-refractivity contribution >= 4 is 30.2 Å². The fourth-order valence-electron chi connectivity index (χ4n) is 3.30. The zero-order valence-electron chi connectivity index (χ0n) is 27.1. The summed E-state index contributed by atoms with van der Waals surface area (Å²) in [5.74, 6) is -2.21. The number of carbonyl (C=O) groups excluding carboxylic acids is 3. The molecule has 0 radical (unpaired) electrons. The molecule has 0 fully saturated rings. The summed E-state index contributed by atoms with van der Waals surface area (Å²) in [6.45, 7) is 11.4. The number of hydrogen-bond acceptors (Lipinski definition) is 9. The van der Waals surface area contributed by atoms with Crippen LogP contribution in [-0.2, 0) is 30.4 Å². The molecule has 14 nitrogen and oxygen atoms in total. The normalized spacial score (nSPS) is 12.5. The van der Waals surface area contributed by atoms with Crippen molar-refractivity contribution in [1.29, 1.82) is 0 Å². The van der Waals surface area contributed by atoms with Gasteiger partial charge in [0.15, 0.2) is 0 Å². The highest BCUT2D eigenvalue weighted by Gasteiger charge is 2.24. The number of ether oxygens (including phenoxy) is 3. The van der Waals surface area contributed by atoms with Gasteiger partial charge in [-0.05, 0) is 93.4 Å². The number of carboxylic acids is 2. The van der Waals surface area contributed by atoms with Crippen molar-refractivity contribution in [1.82, 2.24) is 20.9 Å². The zero-order chi connectivity index (χ0) is 33.9. The van der Waals surface area contributed by atoms with E-state index in [0.29, 0.717) is 19.3 Å². The van der Waals surface area contributed by atoms with E-state index in [-0.39, 0.29) is 19.6 Å². The van der Waals surface area contributed by atoms with Gasteiger partial charge in [-0.15, -0.1) is 0 Å². The average Bonchev–Trinajstić information content (AvgIpc) is 2.87. The van der Waals surface area contributed by atoms with E-state index >= 15 is 0 Å². The largest absolute Gasteiger partial charge is 0.480 e. The first kappa shape index (κ1) is 39.9. The summed E-state index contributed by atoms with van der Waals surface area (Å²) in [6, 6.07) is 7.25. The van der Waals surface area contributed by atoms with Crippen molar-refractivity contribution in [2.24, 2.45) is 0 Å². The molecular formula is C30H50N4O10. The maximum Gasteiger partial charge on any atom is 0.408 e. The van der Waals surface area contributed by atoms with Gasteiger partial charge in [-0.2, -0.15) is 0 Å². The predicted molar refractivity (Wildman–Crippen MR) is 163 cm³/mol. The Labute approximate surface area is 259 Å². The second kappa shape index (κ2) is 20.0. The van der Waals surface area contributed by atoms with E-state index < -0.39 is 53.5 Å². The van der Waals surface area contributed by atoms with E-state index in [2.05, 4.69) is 16.0 Å². The fourth-order valence-corrected chi connectivity index (χ4v) is 3.30. The first-order chi connectivity index (χ1) is 20.3. The van der Waals surface area contributed by atoms with Crippen LogP contribution in [0.15, 0.2) is 30.3 Å². The summed E-state index contributed by atoms with van der Waals surface area (Å²) in [4.78, 5) is 58.9. The van der Waals surface area contributed by atoms with E-state index in [9.17, 15) is 24.0 Å². The van der Waals surface area contributed by atoms with Gasteiger partial charge in [0.05, 0.1) is 0 Å². The molecule has 1 aromatic rings. The molecule has 0 aliphatic carbocycles. The minimum atomic E-state index is -1.16. The molecule has 0 aliphatic rings. The van der Waals surface area contributed by atoms with Crippen molar-refractivity contribution in [2.45, 2.75) is 97.1 Å². The lowest BCUT2D eigenvalue weighted by molar-refractivity contribution is -0.140. The van der Waals surface area contributed by atoms with E-state index in [1.54, 1.807) is 41.5 Å². The number of nitrogens with zero attached hydrogens (tertiary/aromatic N) is 1. The van der Waals surface area contributed by atoms with Gasteiger partial charge in [-0.3, -0.25) is 0 Å². The molecular weight excluding hydrogens is 576 g/mol. The molecule has 0 heterocycles. The number of benzene rings is 1. The first-order valence-electron chi connectivity index (χ1n) is 14.3. The van der Waals surface area contributed by atoms with Crippen LogP contribution in [-0.4, -0.2) is 95.8 Å². The van der Waals surface area contributed by atoms with E-state index in [1.165, 1.54) is 0 Å². The minimum absolute atomic E-state index is 0.146. The topological polar surface area (TPSA) is 193 Å². The van der Waals surface area contributed by atoms with Crippen LogP contribution < -0.4 is 16.0 Å². The van der Waals surface area contributed by atoms with Crippen LogP contribution in [0.1, 0.15) is 72.8 Å². The van der Waals surface area contributed by atoms with E-state index in [0.717, 1.165) is 12.1 Å². The Balaban J connectivity index is 0.000000902. The van der Waals surface area contributed by atoms with Crippen molar-refractivity contribution in [3.63, 3.8) is 0 Å². The van der Waals surface area contributed by atoms with Gasteiger partial charge >= 0.3 is 30.2 Å². The number of amides is 3. The lowest BCUT2D eigenvalue weighted by Gasteiger charge is -2.22. The number of carbonyl (C=O) groups is 5. The third-order valence-electron chi connectivity index (χ3n) is 5.23. The van der Waals surface area contributed by atoms with Crippen molar-refractivity contribution in [3.05, 3.63) is 35.9 Å². The molecule has 250 valence electrons. The summed E-state index contributed by atoms with van der Waals surface area (Å²) in [5, 5.41) is 25.4. The smallest absolute Gasteiger partial charge is 0.408 e. The highest BCUT2D eigenvalue weighted by atomic mass is 16.6. The highest BCUT2D eigenvalue weighted by molar-refractivity contribution is 5.80. The van der Waals surface area contributed by atoms with Crippen LogP contribution in [0, 0.1) is 0 Å². The lowest BCUT2D eigenvalue weighted by atomic mass is 10.1. The molecule has 0 spiro atoms. The summed E-state index contributed by atoms with van der Waals surface area (Å²) in [6.07, 6.45) is -0.492. The lowest BCUT2D eigenvalue weighted by Crippen LogP contribution is -2.43. The Morgan fingerprint density at radius 1 is 0.750 bits per heavy atom. The number of alkyl carbamates (subject to hydrolysis) is 3. The van der Waals surface area contributed by atoms with Gasteiger partial charge in [0, 0.05) is 6.54 Å². The number of nitrogens with one attached hydrogen (secondary N) is 3. The summed E-state index contributed by atoms with van der Waals surface area (Å²) >= 11 is 0. The van der Waals surface area contributed by atoms with Crippen LogP contribution in [0.5, 0.6) is 0 Å². The molecule has 5 N–H and O–H groups in total. The van der Waals surface area contributed by atoms with Crippen LogP contribution in [0.4, 0.5) is 14.4 Å². The molecule has 44 heavy (non-hydrogen) atoms. The fraction of sp³-hybridized carbons (Fsp3) is 0.633. The Morgan fingerprint density at radius 3 is 1.61 bits per heavy atom. The van der Waals surface area contributed by atoms with Gasteiger partial charge < -0.3 is 45.3 Å². The van der Waals surface area contributed by atoms with Crippen molar-refractivity contribution in [3.8, 4) is 0 Å². The van der Waals surface area contributed by atoms with Crippen LogP contribution >= 0.6 is 0 Å². The second-order valence-electron chi connectivity index (χ2n) is 12.2. The van der Waals surface area contributed by atoms with E-state index in [1.807, 2.05) is 49.3 Å². The maximum atomic E-state index is 11.6. The maximum absolute atomic E-state index is 11.6. The monoisotopic (exact) mass is 626 g/mol. The number of carboxylic acid groups (broad SMARTS) is 2. The minimum Gasteiger partial charge on any atom is -0.480 e. The molecule has 0 saturated carbocycles. The molecule has 2 atom stereocenters. The molecule has 0 bridgehead atoms. The predicted octanol–water partition coefficient (Wildman–Crippen LogP) is 3.98. The van der Waals surface area contributed by atoms with Gasteiger partial charge in [0.2, 0.25) is 0 Å². The third-order valence-corrected chi connectivity index (χ3v) is 5.23. The van der Waals surface area contributed by atoms with E-state index in [4.69, 9.17) is 24.4 Å². The van der Waals surface area contributed by atoms with Gasteiger partial charge in [0.25, 0.3) is 0 Å². The highest BCUT2D eigenvalue weighted by Crippen LogP contribution is 2.09. The molecule has 1 rings (SSSR count). The van der Waals surface area contributed by atoms with Crippen LogP contribution in [0.3, 0.4) is 0 Å². The third kappa shape index (κ3) is 22.5. The van der Waals surface area contributed by atoms with Crippen molar-refractivity contribution < 1.29 is 48.4 Å². The quantitative estimate of drug-likeness (QED) is 0.148. The molecule has 0 unspecified atom stereocenters. The Bertz CT molecular complexity index is 1040. The average molecular weight is 627 g/mol. The van der Waals surface area contributed by atoms with Gasteiger partial charge in [-0.25, -0.2) is 24.0 Å². The van der Waals surface area contributed by atoms with Crippen LogP contribution in [0.25, 0.3) is 0 Å². The van der Waals surface area contributed by atoms with Crippen molar-refractivity contribution in [2.75, 3.05) is 27.2 Å². The molecule has 0 saturated heterocycles. The number of aliphatic carboxylic acids is 2. The van der Waals surface area contributed by atoms with Gasteiger partial charge in [-0.1, -0.05) is 30.3 Å². The molecule has 1 aromatic carbocycles. The molecule has 14 heteroatoms. The Hall–Kier alpha value is -4.07. The summed E-state index contributed by atoms with van der Waals surface area (Å²) < 4.78 is 15.1. The Morgan fingerprint density at radius 2 is 1.20 bits per heavy atom. The SMILES string of the molecule is CC(C)(C)OC(=O)N[C@@H](CCCNC(=O)OCc1ccccc1)C(=O)O.CN(C)CCC[C@H](NC(=O)OC(C)(C)C)C(=O)O. The number of hydrogen-bond donors (Lipinski definition) is 5. The molecule has 3 amide bonds. The second-order valence-corrected chi connectivity index (χ2v) is 12.2. The molecule has 0 aromatic heterocycles. The van der Waals surface area contributed by atoms with Crippen LogP contribution in [0.2, 0.25) is 0 Å². The summed E-state index contributed by atoms with van der Waals surface area (Å²) in [5.41, 5.74) is -0.469. The first-order valence-corrected chi connectivity index (χ1v) is 14.3. The molecule has 0 aliphatic heterocycles.